The first kappa shape index (κ1) is 23.6. The molecule has 5 rings (SSSR count). The first-order valence-corrected chi connectivity index (χ1v) is 11.8. The van der Waals surface area contributed by atoms with Gasteiger partial charge in [0.25, 0.3) is 5.91 Å². The maximum absolute atomic E-state index is 13.9. The lowest BCUT2D eigenvalue weighted by Gasteiger charge is -2.26. The number of carbonyl (C=O) groups excluding carboxylic acids is 2. The lowest BCUT2D eigenvalue weighted by molar-refractivity contribution is 0.0300. The van der Waals surface area contributed by atoms with Crippen LogP contribution in [0.4, 0.5) is 20.6 Å². The number of ether oxygens (including phenoxy) is 1. The molecule has 0 aliphatic carbocycles. The van der Waals surface area contributed by atoms with Gasteiger partial charge in [-0.15, -0.1) is 0 Å². The summed E-state index contributed by atoms with van der Waals surface area (Å²) in [5.41, 5.74) is 5.08. The number of carbonyl (C=O) groups is 2. The van der Waals surface area contributed by atoms with E-state index in [4.69, 9.17) is 4.74 Å². The Morgan fingerprint density at radius 3 is 2.44 bits per heavy atom. The van der Waals surface area contributed by atoms with E-state index in [2.05, 4.69) is 15.6 Å². The van der Waals surface area contributed by atoms with Gasteiger partial charge >= 0.3 is 6.03 Å². The minimum absolute atomic E-state index is 0.114. The molecule has 7 nitrogen and oxygen atoms in total. The molecule has 0 spiro atoms. The monoisotopic (exact) mass is 486 g/mol. The Balaban J connectivity index is 1.56. The van der Waals surface area contributed by atoms with Crippen molar-refractivity contribution in [1.29, 1.82) is 0 Å². The summed E-state index contributed by atoms with van der Waals surface area (Å²) in [5, 5.41) is 6.38. The zero-order valence-corrected chi connectivity index (χ0v) is 20.2. The number of H-pyrrole nitrogens is 1. The number of nitrogens with zero attached hydrogens (tertiary/aromatic N) is 1. The zero-order chi connectivity index (χ0) is 25.2. The lowest BCUT2D eigenvalue weighted by Crippen LogP contribution is -2.41. The molecule has 36 heavy (non-hydrogen) atoms. The van der Waals surface area contributed by atoms with Crippen molar-refractivity contribution in [3.8, 4) is 11.1 Å². The number of benzene rings is 3. The summed E-state index contributed by atoms with van der Waals surface area (Å²) in [5.74, 6) is -0.509. The fourth-order valence-corrected chi connectivity index (χ4v) is 4.48. The highest BCUT2D eigenvalue weighted by atomic mass is 19.1. The molecule has 184 valence electrons. The number of anilines is 2. The second-order valence-corrected chi connectivity index (χ2v) is 8.92. The van der Waals surface area contributed by atoms with Crippen LogP contribution in [0.25, 0.3) is 22.0 Å². The average molecular weight is 487 g/mol. The smallest absolute Gasteiger partial charge is 0.323 e. The van der Waals surface area contributed by atoms with E-state index in [1.54, 1.807) is 24.0 Å². The fourth-order valence-electron chi connectivity index (χ4n) is 4.48. The van der Waals surface area contributed by atoms with E-state index in [0.29, 0.717) is 54.5 Å². The van der Waals surface area contributed by atoms with Crippen LogP contribution in [-0.2, 0) is 4.74 Å². The molecule has 2 heterocycles. The zero-order valence-electron chi connectivity index (χ0n) is 20.2. The van der Waals surface area contributed by atoms with Crippen LogP contribution < -0.4 is 10.6 Å². The molecule has 0 bridgehead atoms. The van der Waals surface area contributed by atoms with E-state index in [1.807, 2.05) is 49.4 Å². The summed E-state index contributed by atoms with van der Waals surface area (Å²) in [4.78, 5) is 31.5. The second-order valence-electron chi connectivity index (χ2n) is 8.92. The van der Waals surface area contributed by atoms with E-state index in [9.17, 15) is 14.0 Å². The van der Waals surface area contributed by atoms with E-state index >= 15 is 0 Å². The van der Waals surface area contributed by atoms with Crippen molar-refractivity contribution >= 4 is 34.2 Å². The van der Waals surface area contributed by atoms with Crippen LogP contribution in [0.3, 0.4) is 0 Å². The van der Waals surface area contributed by atoms with Gasteiger partial charge in [0.05, 0.1) is 24.4 Å². The number of fused-ring (bicyclic) bond motifs is 1. The molecular formula is C28H27FN4O3. The van der Waals surface area contributed by atoms with Crippen LogP contribution in [0.15, 0.2) is 60.7 Å². The van der Waals surface area contributed by atoms with E-state index in [-0.39, 0.29) is 5.91 Å². The number of nitrogens with one attached hydrogen (secondary N) is 3. The summed E-state index contributed by atoms with van der Waals surface area (Å²) in [7, 11) is 0. The average Bonchev–Trinajstić information content (AvgIpc) is 3.26. The molecule has 0 unspecified atom stereocenters. The third-order valence-corrected chi connectivity index (χ3v) is 6.30. The molecule has 3 amide bonds. The van der Waals surface area contributed by atoms with Crippen molar-refractivity contribution in [2.75, 3.05) is 36.9 Å². The van der Waals surface area contributed by atoms with Gasteiger partial charge in [-0.2, -0.15) is 0 Å². The summed E-state index contributed by atoms with van der Waals surface area (Å²) >= 11 is 0. The maximum Gasteiger partial charge on any atom is 0.323 e. The molecule has 1 aromatic heterocycles. The number of rotatable bonds is 4. The largest absolute Gasteiger partial charge is 0.378 e. The van der Waals surface area contributed by atoms with Crippen molar-refractivity contribution in [3.63, 3.8) is 0 Å². The highest BCUT2D eigenvalue weighted by Crippen LogP contribution is 2.37. The van der Waals surface area contributed by atoms with Gasteiger partial charge in [-0.05, 0) is 54.8 Å². The Bertz CT molecular complexity index is 1440. The Hall–Kier alpha value is -4.17. The van der Waals surface area contributed by atoms with Gasteiger partial charge < -0.3 is 25.3 Å². The van der Waals surface area contributed by atoms with Crippen LogP contribution in [-0.4, -0.2) is 48.1 Å². The highest BCUT2D eigenvalue weighted by Gasteiger charge is 2.26. The van der Waals surface area contributed by atoms with Crippen LogP contribution in [0.5, 0.6) is 0 Å². The predicted octanol–water partition coefficient (Wildman–Crippen LogP) is 5.71. The van der Waals surface area contributed by atoms with Crippen molar-refractivity contribution in [2.24, 2.45) is 0 Å². The summed E-state index contributed by atoms with van der Waals surface area (Å²) in [6.45, 7) is 5.62. The molecule has 1 aliphatic heterocycles. The van der Waals surface area contributed by atoms with Crippen LogP contribution in [0.2, 0.25) is 0 Å². The molecule has 0 saturated carbocycles. The summed E-state index contributed by atoms with van der Waals surface area (Å²) < 4.78 is 19.4. The second kappa shape index (κ2) is 9.83. The molecule has 0 atom stereocenters. The number of aromatic nitrogens is 1. The third kappa shape index (κ3) is 4.67. The van der Waals surface area contributed by atoms with Crippen LogP contribution in [0, 0.1) is 19.7 Å². The molecule has 8 heteroatoms. The number of hydrogen-bond acceptors (Lipinski definition) is 3. The first-order chi connectivity index (χ1) is 17.4. The van der Waals surface area contributed by atoms with Crippen LogP contribution >= 0.6 is 0 Å². The number of urea groups is 1. The van der Waals surface area contributed by atoms with Crippen molar-refractivity contribution in [3.05, 3.63) is 83.3 Å². The Labute approximate surface area is 208 Å². The van der Waals surface area contributed by atoms with E-state index in [1.165, 1.54) is 6.07 Å². The molecular weight excluding hydrogens is 459 g/mol. The Morgan fingerprint density at radius 2 is 1.72 bits per heavy atom. The number of amides is 3. The van der Waals surface area contributed by atoms with Gasteiger partial charge in [-0.3, -0.25) is 4.79 Å². The summed E-state index contributed by atoms with van der Waals surface area (Å²) in [6, 6.07) is 17.6. The van der Waals surface area contributed by atoms with Gasteiger partial charge in [0, 0.05) is 29.7 Å². The minimum Gasteiger partial charge on any atom is -0.378 e. The lowest BCUT2D eigenvalue weighted by atomic mass is 9.99. The highest BCUT2D eigenvalue weighted by molar-refractivity contribution is 6.14. The molecule has 3 N–H and O–H groups in total. The summed E-state index contributed by atoms with van der Waals surface area (Å²) in [6.07, 6.45) is 0. The first-order valence-electron chi connectivity index (χ1n) is 11.8. The minimum atomic E-state index is -0.512. The number of morpholine rings is 1. The topological polar surface area (TPSA) is 86.5 Å². The third-order valence-electron chi connectivity index (χ3n) is 6.30. The normalized spacial score (nSPS) is 13.6. The SMILES string of the molecule is Cc1cc(NC(=O)Nc2ccc(C)c(F)c2)c2[nH]c(C(=O)N3CCOCC3)c(-c3ccccc3)c2c1. The molecule has 1 saturated heterocycles. The van der Waals surface area contributed by atoms with Crippen molar-refractivity contribution < 1.29 is 18.7 Å². The maximum atomic E-state index is 13.9. The molecule has 1 fully saturated rings. The Kier molecular flexibility index (Phi) is 6.43. The van der Waals surface area contributed by atoms with Gasteiger partial charge in [0.1, 0.15) is 11.5 Å². The van der Waals surface area contributed by atoms with Gasteiger partial charge in [-0.1, -0.05) is 36.4 Å². The fraction of sp³-hybridized carbons (Fsp3) is 0.214. The number of halogens is 1. The number of aromatic amines is 1. The number of hydrogen-bond donors (Lipinski definition) is 3. The molecule has 3 aromatic carbocycles. The van der Waals surface area contributed by atoms with Gasteiger partial charge in [-0.25, -0.2) is 9.18 Å². The number of aryl methyl sites for hydroxylation is 2. The van der Waals surface area contributed by atoms with Crippen molar-refractivity contribution in [2.45, 2.75) is 13.8 Å². The predicted molar refractivity (Wildman–Crippen MR) is 139 cm³/mol. The standard InChI is InChI=1S/C28H27FN4O3/c1-17-14-21-24(19-6-4-3-5-7-19)26(27(34)33-10-12-36-13-11-33)32-25(21)23(15-17)31-28(35)30-20-9-8-18(2)22(29)16-20/h3-9,14-16,32H,10-13H2,1-2H3,(H2,30,31,35). The molecule has 0 radical (unpaired) electrons. The van der Waals surface area contributed by atoms with Crippen molar-refractivity contribution in [1.82, 2.24) is 9.88 Å². The quantitative estimate of drug-likeness (QED) is 0.346. The molecule has 1 aliphatic rings. The van der Waals surface area contributed by atoms with E-state index < -0.39 is 11.8 Å². The Morgan fingerprint density at radius 1 is 0.972 bits per heavy atom. The van der Waals surface area contributed by atoms with Gasteiger partial charge in [0.15, 0.2) is 0 Å². The van der Waals surface area contributed by atoms with E-state index in [0.717, 1.165) is 22.1 Å². The van der Waals surface area contributed by atoms with Crippen LogP contribution in [0.1, 0.15) is 21.6 Å². The molecule has 4 aromatic rings. The van der Waals surface area contributed by atoms with Gasteiger partial charge in [0.2, 0.25) is 0 Å².